The molecule has 0 spiro atoms. The van der Waals surface area contributed by atoms with E-state index in [-0.39, 0.29) is 0 Å². The Kier molecular flexibility index (Phi) is 3.44. The highest BCUT2D eigenvalue weighted by Crippen LogP contribution is 2.17. The summed E-state index contributed by atoms with van der Waals surface area (Å²) in [4.78, 5) is 4.20. The van der Waals surface area contributed by atoms with Gasteiger partial charge in [-0.15, -0.1) is 0 Å². The van der Waals surface area contributed by atoms with Crippen molar-refractivity contribution in [1.82, 2.24) is 4.98 Å². The van der Waals surface area contributed by atoms with E-state index < -0.39 is 6.10 Å². The molecular formula is C13H15NO3. The van der Waals surface area contributed by atoms with E-state index in [0.29, 0.717) is 18.0 Å². The Labute approximate surface area is 99.9 Å². The summed E-state index contributed by atoms with van der Waals surface area (Å²) >= 11 is 0. The van der Waals surface area contributed by atoms with Crippen LogP contribution in [0.25, 0.3) is 0 Å². The Balaban J connectivity index is 2.13. The second kappa shape index (κ2) is 5.01. The second-order valence-corrected chi connectivity index (χ2v) is 3.87. The predicted octanol–water partition coefficient (Wildman–Crippen LogP) is 2.33. The van der Waals surface area contributed by atoms with Crippen molar-refractivity contribution in [2.45, 2.75) is 19.4 Å². The van der Waals surface area contributed by atoms with Gasteiger partial charge < -0.3 is 14.3 Å². The van der Waals surface area contributed by atoms with Crippen molar-refractivity contribution in [2.75, 3.05) is 7.11 Å². The van der Waals surface area contributed by atoms with Crippen LogP contribution in [0.3, 0.4) is 0 Å². The lowest BCUT2D eigenvalue weighted by atomic mass is 10.1. The highest BCUT2D eigenvalue weighted by molar-refractivity contribution is 5.30. The lowest BCUT2D eigenvalue weighted by Gasteiger charge is -2.02. The second-order valence-electron chi connectivity index (χ2n) is 3.87. The molecule has 0 fully saturated rings. The first-order valence-corrected chi connectivity index (χ1v) is 5.44. The van der Waals surface area contributed by atoms with Crippen LogP contribution in [0.1, 0.15) is 30.2 Å². The van der Waals surface area contributed by atoms with E-state index in [4.69, 9.17) is 9.15 Å². The molecule has 0 bridgehead atoms. The lowest BCUT2D eigenvalue weighted by molar-refractivity contribution is 0.194. The topological polar surface area (TPSA) is 55.5 Å². The van der Waals surface area contributed by atoms with Gasteiger partial charge in [0.15, 0.2) is 5.89 Å². The van der Waals surface area contributed by atoms with Gasteiger partial charge in [-0.2, -0.15) is 0 Å². The Morgan fingerprint density at radius 3 is 2.94 bits per heavy atom. The first kappa shape index (κ1) is 11.7. The highest BCUT2D eigenvalue weighted by Gasteiger charge is 2.09. The SMILES string of the molecule is COc1cccc(Cc2nc(C(C)O)co2)c1. The number of aromatic nitrogens is 1. The molecule has 4 nitrogen and oxygen atoms in total. The number of oxazole rings is 1. The van der Waals surface area contributed by atoms with Crippen LogP contribution in [-0.2, 0) is 6.42 Å². The number of aliphatic hydroxyl groups excluding tert-OH is 1. The summed E-state index contributed by atoms with van der Waals surface area (Å²) in [7, 11) is 1.63. The van der Waals surface area contributed by atoms with Gasteiger partial charge >= 0.3 is 0 Å². The van der Waals surface area contributed by atoms with E-state index in [1.165, 1.54) is 6.26 Å². The molecule has 1 unspecified atom stereocenters. The molecule has 1 heterocycles. The standard InChI is InChI=1S/C13H15NO3/c1-9(15)12-8-17-13(14-12)7-10-4-3-5-11(6-10)16-2/h3-6,8-9,15H,7H2,1-2H3. The van der Waals surface area contributed by atoms with Crippen molar-refractivity contribution >= 4 is 0 Å². The van der Waals surface area contributed by atoms with Crippen LogP contribution in [0.15, 0.2) is 34.9 Å². The molecule has 17 heavy (non-hydrogen) atoms. The highest BCUT2D eigenvalue weighted by atomic mass is 16.5. The molecule has 1 aromatic heterocycles. The summed E-state index contributed by atoms with van der Waals surface area (Å²) in [6.45, 7) is 1.66. The van der Waals surface area contributed by atoms with E-state index in [1.54, 1.807) is 14.0 Å². The largest absolute Gasteiger partial charge is 0.497 e. The number of rotatable bonds is 4. The molecule has 0 aliphatic carbocycles. The molecule has 0 aliphatic rings. The summed E-state index contributed by atoms with van der Waals surface area (Å²) < 4.78 is 10.4. The summed E-state index contributed by atoms with van der Waals surface area (Å²) in [5.41, 5.74) is 1.62. The minimum Gasteiger partial charge on any atom is -0.497 e. The van der Waals surface area contributed by atoms with Crippen LogP contribution < -0.4 is 4.74 Å². The van der Waals surface area contributed by atoms with E-state index >= 15 is 0 Å². The molecule has 0 saturated heterocycles. The normalized spacial score (nSPS) is 12.4. The molecule has 0 saturated carbocycles. The molecule has 90 valence electrons. The summed E-state index contributed by atoms with van der Waals surface area (Å²) in [6, 6.07) is 7.73. The van der Waals surface area contributed by atoms with Gasteiger partial charge in [0.2, 0.25) is 0 Å². The van der Waals surface area contributed by atoms with Crippen molar-refractivity contribution in [3.63, 3.8) is 0 Å². The molecule has 1 atom stereocenters. The minimum atomic E-state index is -0.599. The fraction of sp³-hybridized carbons (Fsp3) is 0.308. The van der Waals surface area contributed by atoms with E-state index in [2.05, 4.69) is 4.98 Å². The van der Waals surface area contributed by atoms with Crippen LogP contribution in [-0.4, -0.2) is 17.2 Å². The summed E-state index contributed by atoms with van der Waals surface area (Å²) in [5.74, 6) is 1.40. The van der Waals surface area contributed by atoms with Crippen LogP contribution in [0.2, 0.25) is 0 Å². The van der Waals surface area contributed by atoms with Gasteiger partial charge in [-0.05, 0) is 24.6 Å². The Morgan fingerprint density at radius 2 is 2.29 bits per heavy atom. The number of ether oxygens (including phenoxy) is 1. The Hall–Kier alpha value is -1.81. The Bertz CT molecular complexity index is 491. The van der Waals surface area contributed by atoms with Crippen molar-refractivity contribution in [1.29, 1.82) is 0 Å². The zero-order valence-corrected chi connectivity index (χ0v) is 9.88. The molecule has 0 amide bonds. The van der Waals surface area contributed by atoms with Crippen molar-refractivity contribution in [2.24, 2.45) is 0 Å². The van der Waals surface area contributed by atoms with Crippen molar-refractivity contribution < 1.29 is 14.3 Å². The van der Waals surface area contributed by atoms with Crippen molar-refractivity contribution in [3.8, 4) is 5.75 Å². The maximum Gasteiger partial charge on any atom is 0.198 e. The van der Waals surface area contributed by atoms with E-state index in [1.807, 2.05) is 24.3 Å². The smallest absolute Gasteiger partial charge is 0.198 e. The third-order valence-electron chi connectivity index (χ3n) is 2.49. The van der Waals surface area contributed by atoms with Gasteiger partial charge in [0.05, 0.1) is 13.2 Å². The molecule has 1 aromatic carbocycles. The number of benzene rings is 1. The van der Waals surface area contributed by atoms with Crippen molar-refractivity contribution in [3.05, 3.63) is 47.7 Å². The average molecular weight is 233 g/mol. The van der Waals surface area contributed by atoms with Gasteiger partial charge in [0, 0.05) is 6.42 Å². The van der Waals surface area contributed by atoms with Gasteiger partial charge in [0.25, 0.3) is 0 Å². The number of aliphatic hydroxyl groups is 1. The molecule has 4 heteroatoms. The number of hydrogen-bond donors (Lipinski definition) is 1. The maximum absolute atomic E-state index is 9.34. The summed E-state index contributed by atoms with van der Waals surface area (Å²) in [6.07, 6.45) is 1.47. The zero-order valence-electron chi connectivity index (χ0n) is 9.88. The first-order valence-electron chi connectivity index (χ1n) is 5.44. The molecular weight excluding hydrogens is 218 g/mol. The number of hydrogen-bond acceptors (Lipinski definition) is 4. The first-order chi connectivity index (χ1) is 8.19. The fourth-order valence-corrected chi connectivity index (χ4v) is 1.56. The lowest BCUT2D eigenvalue weighted by Crippen LogP contribution is -1.93. The number of nitrogens with zero attached hydrogens (tertiary/aromatic N) is 1. The van der Waals surface area contributed by atoms with Crippen LogP contribution in [0.5, 0.6) is 5.75 Å². The number of methoxy groups -OCH3 is 1. The van der Waals surface area contributed by atoms with Crippen LogP contribution >= 0.6 is 0 Å². The van der Waals surface area contributed by atoms with E-state index in [9.17, 15) is 5.11 Å². The molecule has 1 N–H and O–H groups in total. The molecule has 0 radical (unpaired) electrons. The van der Waals surface area contributed by atoms with Gasteiger partial charge in [-0.3, -0.25) is 0 Å². The van der Waals surface area contributed by atoms with Gasteiger partial charge in [-0.1, -0.05) is 12.1 Å². The van der Waals surface area contributed by atoms with Crippen LogP contribution in [0.4, 0.5) is 0 Å². The summed E-state index contributed by atoms with van der Waals surface area (Å²) in [5, 5.41) is 9.34. The van der Waals surface area contributed by atoms with Gasteiger partial charge in [0.1, 0.15) is 17.7 Å². The van der Waals surface area contributed by atoms with Crippen LogP contribution in [0, 0.1) is 0 Å². The fourth-order valence-electron chi connectivity index (χ4n) is 1.56. The molecule has 0 aliphatic heterocycles. The minimum absolute atomic E-state index is 0.558. The monoisotopic (exact) mass is 233 g/mol. The third-order valence-corrected chi connectivity index (χ3v) is 2.49. The molecule has 2 rings (SSSR count). The average Bonchev–Trinajstić information content (AvgIpc) is 2.78. The van der Waals surface area contributed by atoms with E-state index in [0.717, 1.165) is 11.3 Å². The third kappa shape index (κ3) is 2.85. The maximum atomic E-state index is 9.34. The predicted molar refractivity (Wildman–Crippen MR) is 62.9 cm³/mol. The molecule has 2 aromatic rings. The quantitative estimate of drug-likeness (QED) is 0.880. The Morgan fingerprint density at radius 1 is 1.47 bits per heavy atom. The zero-order chi connectivity index (χ0) is 12.3. The van der Waals surface area contributed by atoms with Gasteiger partial charge in [-0.25, -0.2) is 4.98 Å².